The fourth-order valence-corrected chi connectivity index (χ4v) is 2.97. The van der Waals surface area contributed by atoms with Gasteiger partial charge in [0.2, 0.25) is 0 Å². The molecule has 0 aliphatic rings. The van der Waals surface area contributed by atoms with Crippen LogP contribution in [0.2, 0.25) is 10.0 Å². The molecule has 0 amide bonds. The number of nitrogens with one attached hydrogen (secondary N) is 1. The van der Waals surface area contributed by atoms with Gasteiger partial charge in [0.15, 0.2) is 4.77 Å². The Labute approximate surface area is 130 Å². The Hall–Kier alpha value is -1.49. The van der Waals surface area contributed by atoms with E-state index in [9.17, 15) is 0 Å². The number of halogens is 2. The molecule has 0 aliphatic carbocycles. The fourth-order valence-electron chi connectivity index (χ4n) is 2.14. The van der Waals surface area contributed by atoms with E-state index in [1.807, 2.05) is 34.9 Å². The molecule has 3 rings (SSSR count). The molecule has 3 aromatic rings. The van der Waals surface area contributed by atoms with Crippen molar-refractivity contribution in [1.82, 2.24) is 9.55 Å². The maximum absolute atomic E-state index is 6.06. The molecular weight excluding hydrogens is 315 g/mol. The van der Waals surface area contributed by atoms with Gasteiger partial charge in [0.1, 0.15) is 5.75 Å². The first-order valence-corrected chi connectivity index (χ1v) is 7.00. The van der Waals surface area contributed by atoms with Gasteiger partial charge in [0, 0.05) is 16.1 Å². The highest BCUT2D eigenvalue weighted by molar-refractivity contribution is 7.71. The highest BCUT2D eigenvalue weighted by Gasteiger charge is 2.09. The molecule has 0 spiro atoms. The van der Waals surface area contributed by atoms with Crippen molar-refractivity contribution in [2.24, 2.45) is 0 Å². The molecule has 3 nitrogen and oxygen atoms in total. The van der Waals surface area contributed by atoms with Gasteiger partial charge in [-0.25, -0.2) is 0 Å². The third-order valence-electron chi connectivity index (χ3n) is 2.99. The van der Waals surface area contributed by atoms with Crippen LogP contribution in [0, 0.1) is 4.77 Å². The molecule has 0 aliphatic heterocycles. The van der Waals surface area contributed by atoms with Crippen LogP contribution < -0.4 is 4.74 Å². The SMILES string of the molecule is COc1ccc2c(c1)[nH]c(=S)n2-c1cc(Cl)cc(Cl)c1. The van der Waals surface area contributed by atoms with E-state index < -0.39 is 0 Å². The van der Waals surface area contributed by atoms with Crippen molar-refractivity contribution in [3.63, 3.8) is 0 Å². The summed E-state index contributed by atoms with van der Waals surface area (Å²) in [5.74, 6) is 0.769. The highest BCUT2D eigenvalue weighted by atomic mass is 35.5. The molecule has 1 heterocycles. The largest absolute Gasteiger partial charge is 0.497 e. The lowest BCUT2D eigenvalue weighted by Gasteiger charge is -2.06. The lowest BCUT2D eigenvalue weighted by Crippen LogP contribution is -1.94. The summed E-state index contributed by atoms with van der Waals surface area (Å²) in [6.07, 6.45) is 0. The van der Waals surface area contributed by atoms with Gasteiger partial charge < -0.3 is 9.72 Å². The molecule has 20 heavy (non-hydrogen) atoms. The fraction of sp³-hybridized carbons (Fsp3) is 0.0714. The minimum absolute atomic E-state index is 0.567. The van der Waals surface area contributed by atoms with Crippen LogP contribution in [0.4, 0.5) is 0 Å². The molecular formula is C14H10Cl2N2OS. The van der Waals surface area contributed by atoms with Gasteiger partial charge in [-0.05, 0) is 42.5 Å². The molecule has 102 valence electrons. The van der Waals surface area contributed by atoms with E-state index in [2.05, 4.69) is 4.98 Å². The molecule has 1 N–H and O–H groups in total. The van der Waals surface area contributed by atoms with Gasteiger partial charge in [-0.15, -0.1) is 0 Å². The first kappa shape index (κ1) is 13.5. The average molecular weight is 325 g/mol. The van der Waals surface area contributed by atoms with Crippen molar-refractivity contribution in [1.29, 1.82) is 0 Å². The third-order valence-corrected chi connectivity index (χ3v) is 3.72. The second-order valence-corrected chi connectivity index (χ2v) is 5.54. The topological polar surface area (TPSA) is 29.9 Å². The van der Waals surface area contributed by atoms with E-state index in [1.54, 1.807) is 13.2 Å². The van der Waals surface area contributed by atoms with Gasteiger partial charge in [-0.1, -0.05) is 23.2 Å². The van der Waals surface area contributed by atoms with E-state index in [4.69, 9.17) is 40.2 Å². The maximum Gasteiger partial charge on any atom is 0.182 e. The minimum atomic E-state index is 0.567. The van der Waals surface area contributed by atoms with Crippen LogP contribution >= 0.6 is 35.4 Å². The summed E-state index contributed by atoms with van der Waals surface area (Å²) in [6, 6.07) is 11.0. The molecule has 0 unspecified atom stereocenters. The third kappa shape index (κ3) is 2.30. The number of hydrogen-bond donors (Lipinski definition) is 1. The number of rotatable bonds is 2. The Balaban J connectivity index is 2.30. The summed E-state index contributed by atoms with van der Waals surface area (Å²) >= 11 is 17.5. The van der Waals surface area contributed by atoms with Gasteiger partial charge in [0.25, 0.3) is 0 Å². The number of aromatic amines is 1. The molecule has 2 aromatic carbocycles. The number of benzene rings is 2. The van der Waals surface area contributed by atoms with Gasteiger partial charge in [0.05, 0.1) is 23.8 Å². The van der Waals surface area contributed by atoms with Crippen LogP contribution in [-0.4, -0.2) is 16.7 Å². The summed E-state index contributed by atoms with van der Waals surface area (Å²) in [5.41, 5.74) is 2.66. The van der Waals surface area contributed by atoms with E-state index in [-0.39, 0.29) is 0 Å². The first-order valence-electron chi connectivity index (χ1n) is 5.84. The van der Waals surface area contributed by atoms with Gasteiger partial charge in [-0.3, -0.25) is 4.57 Å². The Morgan fingerprint density at radius 1 is 1.10 bits per heavy atom. The molecule has 0 atom stereocenters. The van der Waals surface area contributed by atoms with E-state index >= 15 is 0 Å². The number of ether oxygens (including phenoxy) is 1. The van der Waals surface area contributed by atoms with E-state index in [1.165, 1.54) is 0 Å². The quantitative estimate of drug-likeness (QED) is 0.672. The normalized spacial score (nSPS) is 10.9. The number of nitrogens with zero attached hydrogens (tertiary/aromatic N) is 1. The molecule has 1 aromatic heterocycles. The Kier molecular flexibility index (Phi) is 3.46. The number of H-pyrrole nitrogens is 1. The molecule has 0 saturated carbocycles. The molecule has 0 bridgehead atoms. The Morgan fingerprint density at radius 3 is 2.45 bits per heavy atom. The summed E-state index contributed by atoms with van der Waals surface area (Å²) in [7, 11) is 1.63. The molecule has 0 saturated heterocycles. The predicted octanol–water partition coefficient (Wildman–Crippen LogP) is 5.00. The molecule has 6 heteroatoms. The van der Waals surface area contributed by atoms with E-state index in [0.29, 0.717) is 14.8 Å². The number of aromatic nitrogens is 2. The van der Waals surface area contributed by atoms with Crippen molar-refractivity contribution >= 4 is 46.5 Å². The van der Waals surface area contributed by atoms with Crippen LogP contribution in [-0.2, 0) is 0 Å². The Bertz CT molecular complexity index is 834. The smallest absolute Gasteiger partial charge is 0.182 e. The second-order valence-electron chi connectivity index (χ2n) is 4.28. The van der Waals surface area contributed by atoms with Crippen LogP contribution in [0.25, 0.3) is 16.7 Å². The predicted molar refractivity (Wildman–Crippen MR) is 85.0 cm³/mol. The van der Waals surface area contributed by atoms with Crippen molar-refractivity contribution in [3.05, 3.63) is 51.2 Å². The van der Waals surface area contributed by atoms with Crippen LogP contribution in [0.5, 0.6) is 5.75 Å². The zero-order chi connectivity index (χ0) is 14.3. The van der Waals surface area contributed by atoms with Crippen LogP contribution in [0.15, 0.2) is 36.4 Å². The number of hydrogen-bond acceptors (Lipinski definition) is 2. The monoisotopic (exact) mass is 324 g/mol. The first-order chi connectivity index (χ1) is 9.58. The van der Waals surface area contributed by atoms with E-state index in [0.717, 1.165) is 22.5 Å². The van der Waals surface area contributed by atoms with Crippen molar-refractivity contribution in [2.75, 3.05) is 7.11 Å². The van der Waals surface area contributed by atoms with Crippen molar-refractivity contribution in [3.8, 4) is 11.4 Å². The zero-order valence-electron chi connectivity index (χ0n) is 10.5. The molecule has 0 radical (unpaired) electrons. The van der Waals surface area contributed by atoms with Gasteiger partial charge >= 0.3 is 0 Å². The summed E-state index contributed by atoms with van der Waals surface area (Å²) in [5, 5.41) is 1.13. The lowest BCUT2D eigenvalue weighted by atomic mass is 10.2. The number of methoxy groups -OCH3 is 1. The maximum atomic E-state index is 6.06. The van der Waals surface area contributed by atoms with Crippen molar-refractivity contribution in [2.45, 2.75) is 0 Å². The number of fused-ring (bicyclic) bond motifs is 1. The Morgan fingerprint density at radius 2 is 1.80 bits per heavy atom. The summed E-state index contributed by atoms with van der Waals surface area (Å²) in [6.45, 7) is 0. The average Bonchev–Trinajstić information content (AvgIpc) is 2.72. The second kappa shape index (κ2) is 5.13. The van der Waals surface area contributed by atoms with Crippen molar-refractivity contribution < 1.29 is 4.74 Å². The minimum Gasteiger partial charge on any atom is -0.497 e. The highest BCUT2D eigenvalue weighted by Crippen LogP contribution is 2.27. The van der Waals surface area contributed by atoms with Crippen LogP contribution in [0.3, 0.4) is 0 Å². The zero-order valence-corrected chi connectivity index (χ0v) is 12.8. The molecule has 0 fully saturated rings. The van der Waals surface area contributed by atoms with Gasteiger partial charge in [-0.2, -0.15) is 0 Å². The number of imidazole rings is 1. The van der Waals surface area contributed by atoms with Crippen LogP contribution in [0.1, 0.15) is 0 Å². The standard InChI is InChI=1S/C14H10Cl2N2OS/c1-19-11-2-3-13-12(7-11)17-14(20)18(13)10-5-8(15)4-9(16)6-10/h2-7H,1H3,(H,17,20). The summed E-state index contributed by atoms with van der Waals surface area (Å²) in [4.78, 5) is 3.15. The lowest BCUT2D eigenvalue weighted by molar-refractivity contribution is 0.415. The summed E-state index contributed by atoms with van der Waals surface area (Å²) < 4.78 is 7.68.